The molecular weight excluding hydrogens is 264 g/mol. The number of anilines is 1. The molecule has 0 fully saturated rings. The van der Waals surface area contributed by atoms with Crippen molar-refractivity contribution in [3.05, 3.63) is 44.5 Å². The van der Waals surface area contributed by atoms with Crippen LogP contribution in [-0.4, -0.2) is 17.6 Å². The number of thiophene rings is 1. The molecule has 0 spiro atoms. The Morgan fingerprint density at radius 1 is 1.47 bits per heavy atom. The number of ether oxygens (including phenoxy) is 1. The van der Waals surface area contributed by atoms with Gasteiger partial charge in [-0.3, -0.25) is 9.59 Å². The standard InChI is InChI=1S/C13H14N2O3S/c1-8-6-11(16)15(2)7-9(8)14-13(17)12-10(18-3)4-5-19-12/h4-7H,1-3H3,(H,14,17). The summed E-state index contributed by atoms with van der Waals surface area (Å²) in [6.07, 6.45) is 1.61. The van der Waals surface area contributed by atoms with Gasteiger partial charge >= 0.3 is 0 Å². The summed E-state index contributed by atoms with van der Waals surface area (Å²) in [5.74, 6) is 0.304. The molecule has 0 unspecified atom stereocenters. The molecule has 2 aromatic rings. The molecule has 0 atom stereocenters. The van der Waals surface area contributed by atoms with Crippen LogP contribution >= 0.6 is 11.3 Å². The van der Waals surface area contributed by atoms with E-state index in [4.69, 9.17) is 4.74 Å². The molecule has 6 heteroatoms. The third-order valence-electron chi connectivity index (χ3n) is 2.74. The number of aromatic nitrogens is 1. The van der Waals surface area contributed by atoms with Crippen LogP contribution in [0.15, 0.2) is 28.5 Å². The molecule has 0 saturated heterocycles. The van der Waals surface area contributed by atoms with Crippen molar-refractivity contribution < 1.29 is 9.53 Å². The van der Waals surface area contributed by atoms with E-state index in [9.17, 15) is 9.59 Å². The molecule has 0 aliphatic carbocycles. The first-order valence-corrected chi connectivity index (χ1v) is 6.51. The Morgan fingerprint density at radius 3 is 2.89 bits per heavy atom. The summed E-state index contributed by atoms with van der Waals surface area (Å²) in [6, 6.07) is 3.23. The largest absolute Gasteiger partial charge is 0.495 e. The second-order valence-electron chi connectivity index (χ2n) is 4.09. The first kappa shape index (κ1) is 13.4. The SMILES string of the molecule is COc1ccsc1C(=O)Nc1cn(C)c(=O)cc1C. The van der Waals surface area contributed by atoms with Crippen LogP contribution in [-0.2, 0) is 7.05 Å². The molecule has 2 rings (SSSR count). The number of carbonyl (C=O) groups excluding carboxylic acids is 1. The van der Waals surface area contributed by atoms with Crippen molar-refractivity contribution in [1.82, 2.24) is 4.57 Å². The molecule has 1 amide bonds. The van der Waals surface area contributed by atoms with Crippen LogP contribution in [0.1, 0.15) is 15.2 Å². The van der Waals surface area contributed by atoms with Gasteiger partial charge in [-0.1, -0.05) is 0 Å². The summed E-state index contributed by atoms with van der Waals surface area (Å²) < 4.78 is 6.54. The Bertz CT molecular complexity index is 673. The highest BCUT2D eigenvalue weighted by Gasteiger charge is 2.15. The minimum absolute atomic E-state index is 0.107. The van der Waals surface area contributed by atoms with E-state index < -0.39 is 0 Å². The molecule has 0 aromatic carbocycles. The maximum absolute atomic E-state index is 12.1. The van der Waals surface area contributed by atoms with Gasteiger partial charge in [0, 0.05) is 19.3 Å². The lowest BCUT2D eigenvalue weighted by atomic mass is 10.2. The van der Waals surface area contributed by atoms with Crippen LogP contribution in [0.5, 0.6) is 5.75 Å². The van der Waals surface area contributed by atoms with Crippen molar-refractivity contribution in [3.8, 4) is 5.75 Å². The number of rotatable bonds is 3. The van der Waals surface area contributed by atoms with Gasteiger partial charge in [0.15, 0.2) is 0 Å². The highest BCUT2D eigenvalue weighted by molar-refractivity contribution is 7.12. The zero-order valence-electron chi connectivity index (χ0n) is 10.9. The molecular formula is C13H14N2O3S. The van der Waals surface area contributed by atoms with Crippen LogP contribution in [0.25, 0.3) is 0 Å². The maximum atomic E-state index is 12.1. The van der Waals surface area contributed by atoms with Crippen LogP contribution in [0.3, 0.4) is 0 Å². The minimum atomic E-state index is -0.242. The summed E-state index contributed by atoms with van der Waals surface area (Å²) in [5.41, 5.74) is 1.23. The molecule has 2 aromatic heterocycles. The lowest BCUT2D eigenvalue weighted by Crippen LogP contribution is -2.19. The second kappa shape index (κ2) is 5.27. The van der Waals surface area contributed by atoms with E-state index in [1.165, 1.54) is 29.1 Å². The predicted octanol–water partition coefficient (Wildman–Crippen LogP) is 2.02. The molecule has 1 N–H and O–H groups in total. The first-order chi connectivity index (χ1) is 9.02. The van der Waals surface area contributed by atoms with Crippen LogP contribution < -0.4 is 15.6 Å². The van der Waals surface area contributed by atoms with Gasteiger partial charge in [-0.25, -0.2) is 0 Å². The quantitative estimate of drug-likeness (QED) is 0.934. The number of carbonyl (C=O) groups is 1. The van der Waals surface area contributed by atoms with E-state index in [1.807, 2.05) is 0 Å². The number of nitrogens with zero attached hydrogens (tertiary/aromatic N) is 1. The maximum Gasteiger partial charge on any atom is 0.269 e. The Balaban J connectivity index is 2.29. The number of methoxy groups -OCH3 is 1. The smallest absolute Gasteiger partial charge is 0.269 e. The summed E-state index contributed by atoms with van der Waals surface area (Å²) in [6.45, 7) is 1.78. The minimum Gasteiger partial charge on any atom is -0.495 e. The Labute approximate surface area is 114 Å². The van der Waals surface area contributed by atoms with Gasteiger partial charge in [-0.15, -0.1) is 11.3 Å². The van der Waals surface area contributed by atoms with Gasteiger partial charge in [0.2, 0.25) is 0 Å². The molecule has 100 valence electrons. The predicted molar refractivity (Wildman–Crippen MR) is 75.2 cm³/mol. The lowest BCUT2D eigenvalue weighted by Gasteiger charge is -2.09. The van der Waals surface area contributed by atoms with Crippen molar-refractivity contribution in [1.29, 1.82) is 0 Å². The van der Waals surface area contributed by atoms with Crippen LogP contribution in [0, 0.1) is 6.92 Å². The van der Waals surface area contributed by atoms with Crippen molar-refractivity contribution in [2.24, 2.45) is 7.05 Å². The summed E-state index contributed by atoms with van der Waals surface area (Å²) >= 11 is 1.31. The Kier molecular flexibility index (Phi) is 3.71. The molecule has 19 heavy (non-hydrogen) atoms. The zero-order chi connectivity index (χ0) is 14.0. The fourth-order valence-electron chi connectivity index (χ4n) is 1.66. The highest BCUT2D eigenvalue weighted by atomic mass is 32.1. The van der Waals surface area contributed by atoms with Gasteiger partial charge in [-0.05, 0) is 23.9 Å². The van der Waals surface area contributed by atoms with Crippen molar-refractivity contribution in [3.63, 3.8) is 0 Å². The molecule has 0 aliphatic heterocycles. The number of amides is 1. The molecule has 0 bridgehead atoms. The van der Waals surface area contributed by atoms with Gasteiger partial charge in [0.1, 0.15) is 10.6 Å². The lowest BCUT2D eigenvalue weighted by molar-refractivity contribution is 0.102. The second-order valence-corrected chi connectivity index (χ2v) is 5.01. The van der Waals surface area contributed by atoms with E-state index in [2.05, 4.69) is 5.32 Å². The third-order valence-corrected chi connectivity index (χ3v) is 3.63. The van der Waals surface area contributed by atoms with E-state index in [-0.39, 0.29) is 11.5 Å². The van der Waals surface area contributed by atoms with Crippen molar-refractivity contribution in [2.75, 3.05) is 12.4 Å². The van der Waals surface area contributed by atoms with Gasteiger partial charge in [0.25, 0.3) is 11.5 Å². The van der Waals surface area contributed by atoms with Gasteiger partial charge in [-0.2, -0.15) is 0 Å². The molecule has 5 nitrogen and oxygen atoms in total. The highest BCUT2D eigenvalue weighted by Crippen LogP contribution is 2.25. The molecule has 2 heterocycles. The third kappa shape index (κ3) is 2.68. The summed E-state index contributed by atoms with van der Waals surface area (Å²) in [7, 11) is 3.17. The molecule has 0 aliphatic rings. The van der Waals surface area contributed by atoms with E-state index in [0.29, 0.717) is 16.3 Å². The van der Waals surface area contributed by atoms with Crippen LogP contribution in [0.4, 0.5) is 5.69 Å². The van der Waals surface area contributed by atoms with E-state index >= 15 is 0 Å². The summed E-state index contributed by atoms with van der Waals surface area (Å²) in [4.78, 5) is 24.1. The average molecular weight is 278 g/mol. The monoisotopic (exact) mass is 278 g/mol. The fourth-order valence-corrected chi connectivity index (χ4v) is 2.41. The van der Waals surface area contributed by atoms with Crippen molar-refractivity contribution >= 4 is 22.9 Å². The fraction of sp³-hybridized carbons (Fsp3) is 0.231. The molecule has 0 saturated carbocycles. The summed E-state index contributed by atoms with van der Waals surface area (Å²) in [5, 5.41) is 4.58. The first-order valence-electron chi connectivity index (χ1n) is 5.63. The number of aryl methyl sites for hydroxylation is 2. The van der Waals surface area contributed by atoms with E-state index in [0.717, 1.165) is 5.56 Å². The van der Waals surface area contributed by atoms with Gasteiger partial charge < -0.3 is 14.6 Å². The average Bonchev–Trinajstić information content (AvgIpc) is 2.84. The Hall–Kier alpha value is -2.08. The number of hydrogen-bond donors (Lipinski definition) is 1. The van der Waals surface area contributed by atoms with Crippen LogP contribution in [0.2, 0.25) is 0 Å². The normalized spacial score (nSPS) is 10.3. The topological polar surface area (TPSA) is 60.3 Å². The zero-order valence-corrected chi connectivity index (χ0v) is 11.7. The molecule has 0 radical (unpaired) electrons. The Morgan fingerprint density at radius 2 is 2.21 bits per heavy atom. The van der Waals surface area contributed by atoms with Crippen molar-refractivity contribution in [2.45, 2.75) is 6.92 Å². The number of pyridine rings is 1. The number of hydrogen-bond acceptors (Lipinski definition) is 4. The van der Waals surface area contributed by atoms with E-state index in [1.54, 1.807) is 31.6 Å². The number of nitrogens with one attached hydrogen (secondary N) is 1. The van der Waals surface area contributed by atoms with Gasteiger partial charge in [0.05, 0.1) is 12.8 Å².